The molecule has 3 heterocycles. The number of rotatable bonds is 71. The van der Waals surface area contributed by atoms with Gasteiger partial charge in [-0.15, -0.1) is 0 Å². The van der Waals surface area contributed by atoms with Crippen molar-refractivity contribution in [1.29, 1.82) is 0 Å². The summed E-state index contributed by atoms with van der Waals surface area (Å²) in [4.78, 5) is 13.5. The Morgan fingerprint density at radius 3 is 1.00 bits per heavy atom. The van der Waals surface area contributed by atoms with Gasteiger partial charge in [0.2, 0.25) is 5.91 Å². The number of unbranched alkanes of at least 4 members (excludes halogenated alkanes) is 43. The van der Waals surface area contributed by atoms with E-state index in [2.05, 4.69) is 92.1 Å². The van der Waals surface area contributed by atoms with Crippen molar-refractivity contribution in [2.75, 3.05) is 26.4 Å². The van der Waals surface area contributed by atoms with Crippen LogP contribution in [0.2, 0.25) is 0 Å². The zero-order chi connectivity index (χ0) is 78.1. The van der Waals surface area contributed by atoms with E-state index in [0.29, 0.717) is 12.8 Å². The summed E-state index contributed by atoms with van der Waals surface area (Å²) in [5.41, 5.74) is 0. The molecule has 0 saturated carbocycles. The van der Waals surface area contributed by atoms with Crippen LogP contribution in [0.5, 0.6) is 0 Å². The molecule has 3 aliphatic rings. The summed E-state index contributed by atoms with van der Waals surface area (Å²) in [7, 11) is 0. The zero-order valence-corrected chi connectivity index (χ0v) is 67.8. The number of hydrogen-bond acceptors (Lipinski definition) is 18. The summed E-state index contributed by atoms with van der Waals surface area (Å²) in [5, 5.41) is 121. The third kappa shape index (κ3) is 47.2. The van der Waals surface area contributed by atoms with Crippen LogP contribution in [0.4, 0.5) is 0 Å². The molecular weight excluding hydrogens is 1370 g/mol. The Kier molecular flexibility index (Phi) is 63.2. The molecule has 0 bridgehead atoms. The molecule has 1 amide bonds. The summed E-state index contributed by atoms with van der Waals surface area (Å²) < 4.78 is 34.6. The molecule has 630 valence electrons. The summed E-state index contributed by atoms with van der Waals surface area (Å²) >= 11 is 0. The van der Waals surface area contributed by atoms with Crippen LogP contribution < -0.4 is 5.32 Å². The molecular formula is C89H161NO18. The summed E-state index contributed by atoms with van der Waals surface area (Å²) in [6.45, 7) is 1.74. The van der Waals surface area contributed by atoms with E-state index < -0.39 is 124 Å². The number of hydrogen-bond donors (Lipinski definition) is 12. The number of carbonyl (C=O) groups is 1. The van der Waals surface area contributed by atoms with E-state index in [9.17, 15) is 61.0 Å². The fourth-order valence-corrected chi connectivity index (χ4v) is 14.8. The first kappa shape index (κ1) is 99.4. The van der Waals surface area contributed by atoms with Gasteiger partial charge in [0.1, 0.15) is 73.2 Å². The van der Waals surface area contributed by atoms with E-state index in [0.717, 1.165) is 89.9 Å². The lowest BCUT2D eigenvalue weighted by atomic mass is 9.96. The van der Waals surface area contributed by atoms with Crippen LogP contribution in [-0.4, -0.2) is 193 Å². The second kappa shape index (κ2) is 68.6. The molecule has 0 aromatic carbocycles. The quantitative estimate of drug-likeness (QED) is 0.0199. The van der Waals surface area contributed by atoms with Crippen molar-refractivity contribution in [2.45, 2.75) is 458 Å². The number of allylic oxidation sites excluding steroid dienone is 12. The number of aliphatic hydroxyl groups excluding tert-OH is 11. The molecule has 108 heavy (non-hydrogen) atoms. The van der Waals surface area contributed by atoms with Gasteiger partial charge in [-0.2, -0.15) is 0 Å². The highest BCUT2D eigenvalue weighted by molar-refractivity contribution is 5.76. The third-order valence-electron chi connectivity index (χ3n) is 21.8. The van der Waals surface area contributed by atoms with Crippen molar-refractivity contribution < 1.29 is 89.4 Å². The van der Waals surface area contributed by atoms with Gasteiger partial charge in [-0.1, -0.05) is 356 Å². The van der Waals surface area contributed by atoms with Crippen molar-refractivity contribution in [3.8, 4) is 0 Å². The molecule has 3 saturated heterocycles. The molecule has 3 aliphatic heterocycles. The number of nitrogens with one attached hydrogen (secondary N) is 1. The Morgan fingerprint density at radius 1 is 0.343 bits per heavy atom. The SMILES string of the molecule is CC/C=C\C/C=C\C/C=C\C/C=C\C/C=C\C/C=C\CCCCCCCCCCCCCCCCC(=O)NC(COC1OC(CO)C(OC2OC(CO)C(OC3OC(CO)C(O)C(O)C3O)C(O)C2O)C(O)C1O)C(O)CCCCCCCCCCCCCCCCCCCCCCCCCCCCCCCC. The van der Waals surface area contributed by atoms with Crippen LogP contribution in [0.25, 0.3) is 0 Å². The second-order valence-electron chi connectivity index (χ2n) is 31.3. The van der Waals surface area contributed by atoms with Crippen molar-refractivity contribution in [2.24, 2.45) is 0 Å². The van der Waals surface area contributed by atoms with Gasteiger partial charge in [0.25, 0.3) is 0 Å². The molecule has 3 fully saturated rings. The Balaban J connectivity index is 1.33. The molecule has 3 rings (SSSR count). The Morgan fingerprint density at radius 2 is 0.639 bits per heavy atom. The van der Waals surface area contributed by atoms with E-state index in [4.69, 9.17) is 28.4 Å². The molecule has 0 aliphatic carbocycles. The monoisotopic (exact) mass is 1530 g/mol. The molecule has 17 unspecified atom stereocenters. The standard InChI is InChI=1S/C89H161NO18/c1-3-5-7-9-11-13-15-17-19-21-23-25-27-29-31-33-35-36-37-39-41-43-45-47-49-51-53-55-57-59-61-63-65-67-77(95)90-72(73(94)66-64-62-60-58-56-54-52-50-48-46-44-42-40-38-34-32-30-28-26-24-22-20-18-16-14-12-10-8-6-4-2)71-103-87-83(101)80(98)85(75(69-92)105-87)108-89-84(102)81(99)86(76(70-93)106-89)107-88-82(100)79(97)78(96)74(68-91)104-88/h5,7,11,13,17,19,23,25,29,31,35-36,72-76,78-89,91-94,96-102H,3-4,6,8-10,12,14-16,18,20-22,24,26-28,30,32-34,37-71H2,1-2H3,(H,90,95)/b7-5-,13-11-,19-17-,25-23-,31-29-,36-35-. The highest BCUT2D eigenvalue weighted by Gasteiger charge is 2.54. The maximum atomic E-state index is 13.5. The predicted molar refractivity (Wildman–Crippen MR) is 434 cm³/mol. The molecule has 12 N–H and O–H groups in total. The van der Waals surface area contributed by atoms with E-state index >= 15 is 0 Å². The van der Waals surface area contributed by atoms with Gasteiger partial charge in [0.15, 0.2) is 18.9 Å². The topological polar surface area (TPSA) is 307 Å². The van der Waals surface area contributed by atoms with Crippen LogP contribution in [0.1, 0.15) is 354 Å². The fraction of sp³-hybridized carbons (Fsp3) is 0.854. The maximum absolute atomic E-state index is 13.5. The van der Waals surface area contributed by atoms with Gasteiger partial charge in [-0.05, 0) is 64.2 Å². The van der Waals surface area contributed by atoms with Gasteiger partial charge in [0, 0.05) is 6.42 Å². The average molecular weight is 1530 g/mol. The van der Waals surface area contributed by atoms with Gasteiger partial charge < -0.3 is 89.9 Å². The lowest BCUT2D eigenvalue weighted by Crippen LogP contribution is -2.66. The first-order chi connectivity index (χ1) is 52.8. The molecule has 0 aromatic rings. The van der Waals surface area contributed by atoms with Crippen molar-refractivity contribution in [3.63, 3.8) is 0 Å². The highest BCUT2D eigenvalue weighted by atomic mass is 16.8. The summed E-state index contributed by atoms with van der Waals surface area (Å²) in [6, 6.07) is -0.893. The maximum Gasteiger partial charge on any atom is 0.220 e. The highest BCUT2D eigenvalue weighted by Crippen LogP contribution is 2.34. The van der Waals surface area contributed by atoms with Gasteiger partial charge in [-0.25, -0.2) is 0 Å². The average Bonchev–Trinajstić information content (AvgIpc) is 0.779. The summed E-state index contributed by atoms with van der Waals surface area (Å²) in [6.07, 6.45) is 64.2. The largest absolute Gasteiger partial charge is 0.394 e. The van der Waals surface area contributed by atoms with Crippen LogP contribution in [-0.2, 0) is 33.2 Å². The van der Waals surface area contributed by atoms with E-state index in [1.807, 2.05) is 0 Å². The second-order valence-corrected chi connectivity index (χ2v) is 31.3. The van der Waals surface area contributed by atoms with Crippen LogP contribution in [0, 0.1) is 0 Å². The minimum Gasteiger partial charge on any atom is -0.394 e. The summed E-state index contributed by atoms with van der Waals surface area (Å²) in [5.74, 6) is -0.240. The zero-order valence-electron chi connectivity index (χ0n) is 67.8. The molecule has 0 spiro atoms. The number of carbonyl (C=O) groups excluding carboxylic acids is 1. The first-order valence-electron chi connectivity index (χ1n) is 44.2. The minimum absolute atomic E-state index is 0.240. The number of amides is 1. The van der Waals surface area contributed by atoms with Crippen LogP contribution in [0.3, 0.4) is 0 Å². The normalized spacial score (nSPS) is 25.7. The lowest BCUT2D eigenvalue weighted by Gasteiger charge is -2.48. The Hall–Kier alpha value is -2.77. The number of ether oxygens (including phenoxy) is 6. The smallest absolute Gasteiger partial charge is 0.220 e. The van der Waals surface area contributed by atoms with Crippen molar-refractivity contribution in [3.05, 3.63) is 72.9 Å². The van der Waals surface area contributed by atoms with E-state index in [1.165, 1.54) is 231 Å². The molecule has 17 atom stereocenters. The van der Waals surface area contributed by atoms with Crippen molar-refractivity contribution >= 4 is 5.91 Å². The van der Waals surface area contributed by atoms with E-state index in [-0.39, 0.29) is 18.9 Å². The predicted octanol–water partition coefficient (Wildman–Crippen LogP) is 16.3. The lowest BCUT2D eigenvalue weighted by molar-refractivity contribution is -0.379. The van der Waals surface area contributed by atoms with E-state index in [1.54, 1.807) is 0 Å². The third-order valence-corrected chi connectivity index (χ3v) is 21.8. The van der Waals surface area contributed by atoms with Crippen LogP contribution in [0.15, 0.2) is 72.9 Å². The molecule has 0 aromatic heterocycles. The molecule has 0 radical (unpaired) electrons. The Bertz CT molecular complexity index is 2230. The van der Waals surface area contributed by atoms with Gasteiger partial charge in [0.05, 0.1) is 38.6 Å². The fourth-order valence-electron chi connectivity index (χ4n) is 14.8. The van der Waals surface area contributed by atoms with Gasteiger partial charge >= 0.3 is 0 Å². The van der Waals surface area contributed by atoms with Gasteiger partial charge in [-0.3, -0.25) is 4.79 Å². The Labute approximate surface area is 655 Å². The number of aliphatic hydroxyl groups is 11. The first-order valence-corrected chi connectivity index (χ1v) is 44.2. The minimum atomic E-state index is -1.98. The van der Waals surface area contributed by atoms with Crippen LogP contribution >= 0.6 is 0 Å². The molecule has 19 heteroatoms. The molecule has 19 nitrogen and oxygen atoms in total. The van der Waals surface area contributed by atoms with Crippen molar-refractivity contribution in [1.82, 2.24) is 5.32 Å².